The third-order valence-electron chi connectivity index (χ3n) is 3.20. The van der Waals surface area contributed by atoms with Gasteiger partial charge in [-0.2, -0.15) is 5.10 Å². The highest BCUT2D eigenvalue weighted by atomic mass is 32.2. The van der Waals surface area contributed by atoms with E-state index in [1.54, 1.807) is 12.1 Å². The second kappa shape index (κ2) is 8.51. The first-order valence-electron chi connectivity index (χ1n) is 7.34. The number of aromatic nitrogens is 2. The number of hydrogen-bond acceptors (Lipinski definition) is 6. The SMILES string of the molecule is COCCNS(=O)(=O)c1ccc(CNC(=O)c2ccc(=O)[nH]n2)cc1. The summed E-state index contributed by atoms with van der Waals surface area (Å²) in [5.41, 5.74) is 0.405. The second-order valence-electron chi connectivity index (χ2n) is 5.02. The monoisotopic (exact) mass is 366 g/mol. The molecule has 25 heavy (non-hydrogen) atoms. The minimum atomic E-state index is -3.59. The molecule has 0 atom stereocenters. The fourth-order valence-electron chi connectivity index (χ4n) is 1.89. The number of rotatable bonds is 8. The topological polar surface area (TPSA) is 130 Å². The number of nitrogens with zero attached hydrogens (tertiary/aromatic N) is 1. The number of benzene rings is 1. The number of methoxy groups -OCH3 is 1. The van der Waals surface area contributed by atoms with Crippen LogP contribution in [0.25, 0.3) is 0 Å². The maximum Gasteiger partial charge on any atom is 0.271 e. The van der Waals surface area contributed by atoms with Crippen molar-refractivity contribution in [1.82, 2.24) is 20.2 Å². The van der Waals surface area contributed by atoms with Crippen molar-refractivity contribution < 1.29 is 17.9 Å². The van der Waals surface area contributed by atoms with Crippen molar-refractivity contribution in [2.24, 2.45) is 0 Å². The number of amides is 1. The van der Waals surface area contributed by atoms with Gasteiger partial charge in [0.25, 0.3) is 11.5 Å². The Hall–Kier alpha value is -2.56. The smallest absolute Gasteiger partial charge is 0.271 e. The van der Waals surface area contributed by atoms with E-state index in [1.165, 1.54) is 31.4 Å². The van der Waals surface area contributed by atoms with E-state index in [4.69, 9.17) is 4.74 Å². The average Bonchev–Trinajstić information content (AvgIpc) is 2.61. The van der Waals surface area contributed by atoms with Crippen molar-refractivity contribution >= 4 is 15.9 Å². The lowest BCUT2D eigenvalue weighted by Gasteiger charge is -2.08. The number of hydrogen-bond donors (Lipinski definition) is 3. The summed E-state index contributed by atoms with van der Waals surface area (Å²) in [5.74, 6) is -0.450. The predicted octanol–water partition coefficient (Wildman–Crippen LogP) is -0.375. The van der Waals surface area contributed by atoms with Gasteiger partial charge in [-0.25, -0.2) is 18.2 Å². The molecule has 1 heterocycles. The molecule has 2 rings (SSSR count). The number of ether oxygens (including phenoxy) is 1. The minimum absolute atomic E-state index is 0.0844. The lowest BCUT2D eigenvalue weighted by atomic mass is 10.2. The van der Waals surface area contributed by atoms with Gasteiger partial charge in [0.05, 0.1) is 11.5 Å². The molecule has 1 aromatic heterocycles. The molecule has 0 saturated heterocycles. The number of carbonyl (C=O) groups excluding carboxylic acids is 1. The summed E-state index contributed by atoms with van der Waals surface area (Å²) >= 11 is 0. The van der Waals surface area contributed by atoms with E-state index >= 15 is 0 Å². The Morgan fingerprint density at radius 1 is 1.20 bits per heavy atom. The summed E-state index contributed by atoms with van der Waals surface area (Å²) in [6.07, 6.45) is 0. The molecule has 0 unspecified atom stereocenters. The third-order valence-corrected chi connectivity index (χ3v) is 4.67. The van der Waals surface area contributed by atoms with Crippen LogP contribution in [0.5, 0.6) is 0 Å². The van der Waals surface area contributed by atoms with Crippen LogP contribution in [0.1, 0.15) is 16.1 Å². The molecule has 3 N–H and O–H groups in total. The van der Waals surface area contributed by atoms with Crippen molar-refractivity contribution in [3.05, 3.63) is 58.0 Å². The summed E-state index contributed by atoms with van der Waals surface area (Å²) in [7, 11) is -2.10. The van der Waals surface area contributed by atoms with Crippen molar-refractivity contribution in [1.29, 1.82) is 0 Å². The summed E-state index contributed by atoms with van der Waals surface area (Å²) in [6.45, 7) is 0.655. The van der Waals surface area contributed by atoms with Crippen molar-refractivity contribution in [3.63, 3.8) is 0 Å². The van der Waals surface area contributed by atoms with Gasteiger partial charge in [-0.3, -0.25) is 9.59 Å². The third kappa shape index (κ3) is 5.48. The molecule has 0 bridgehead atoms. The number of aromatic amines is 1. The summed E-state index contributed by atoms with van der Waals surface area (Å²) < 4.78 is 31.3. The van der Waals surface area contributed by atoms with E-state index in [0.29, 0.717) is 5.56 Å². The normalized spacial score (nSPS) is 11.2. The molecule has 134 valence electrons. The van der Waals surface area contributed by atoms with Crippen LogP contribution >= 0.6 is 0 Å². The van der Waals surface area contributed by atoms with Crippen LogP contribution < -0.4 is 15.6 Å². The molecule has 0 aliphatic carbocycles. The van der Waals surface area contributed by atoms with E-state index in [-0.39, 0.29) is 30.3 Å². The largest absolute Gasteiger partial charge is 0.383 e. The zero-order valence-corrected chi connectivity index (χ0v) is 14.3. The first-order chi connectivity index (χ1) is 11.9. The van der Waals surface area contributed by atoms with Gasteiger partial charge in [-0.1, -0.05) is 12.1 Å². The minimum Gasteiger partial charge on any atom is -0.383 e. The van der Waals surface area contributed by atoms with Gasteiger partial charge in [0.15, 0.2) is 0 Å². The molecule has 0 aliphatic heterocycles. The van der Waals surface area contributed by atoms with Crippen molar-refractivity contribution in [3.8, 4) is 0 Å². The van der Waals surface area contributed by atoms with Crippen LogP contribution in [0, 0.1) is 0 Å². The van der Waals surface area contributed by atoms with Crippen molar-refractivity contribution in [2.75, 3.05) is 20.3 Å². The summed E-state index contributed by atoms with van der Waals surface area (Å²) in [5, 5.41) is 8.43. The molecule has 0 fully saturated rings. The molecule has 1 aromatic carbocycles. The van der Waals surface area contributed by atoms with Gasteiger partial charge < -0.3 is 10.1 Å². The highest BCUT2D eigenvalue weighted by Crippen LogP contribution is 2.10. The van der Waals surface area contributed by atoms with Gasteiger partial charge in [0.1, 0.15) is 5.69 Å². The van der Waals surface area contributed by atoms with Crippen LogP contribution in [0.2, 0.25) is 0 Å². The lowest BCUT2D eigenvalue weighted by Crippen LogP contribution is -2.27. The van der Waals surface area contributed by atoms with Crippen LogP contribution in [0.15, 0.2) is 46.1 Å². The Morgan fingerprint density at radius 3 is 2.52 bits per heavy atom. The van der Waals surface area contributed by atoms with E-state index in [9.17, 15) is 18.0 Å². The number of carbonyl (C=O) groups is 1. The zero-order chi connectivity index (χ0) is 18.3. The zero-order valence-electron chi connectivity index (χ0n) is 13.5. The fourth-order valence-corrected chi connectivity index (χ4v) is 2.90. The fraction of sp³-hybridized carbons (Fsp3) is 0.267. The summed E-state index contributed by atoms with van der Waals surface area (Å²) in [4.78, 5) is 22.9. The highest BCUT2D eigenvalue weighted by molar-refractivity contribution is 7.89. The standard InChI is InChI=1S/C15H18N4O5S/c1-24-9-8-17-25(22,23)12-4-2-11(3-5-12)10-16-15(21)13-6-7-14(20)19-18-13/h2-7,17H,8-10H2,1H3,(H,16,21)(H,19,20). The Bertz CT molecular complexity index is 857. The van der Waals surface area contributed by atoms with Gasteiger partial charge in [0.2, 0.25) is 10.0 Å². The molecule has 0 spiro atoms. The first kappa shape index (κ1) is 18.8. The van der Waals surface area contributed by atoms with Gasteiger partial charge in [0, 0.05) is 26.3 Å². The Kier molecular flexibility index (Phi) is 6.39. The molecular formula is C15H18N4O5S. The van der Waals surface area contributed by atoms with Crippen LogP contribution in [0.4, 0.5) is 0 Å². The highest BCUT2D eigenvalue weighted by Gasteiger charge is 2.13. The van der Waals surface area contributed by atoms with Crippen LogP contribution in [0.3, 0.4) is 0 Å². The molecule has 0 saturated carbocycles. The molecule has 1 amide bonds. The second-order valence-corrected chi connectivity index (χ2v) is 6.79. The van der Waals surface area contributed by atoms with Crippen molar-refractivity contribution in [2.45, 2.75) is 11.4 Å². The summed E-state index contributed by atoms with van der Waals surface area (Å²) in [6, 6.07) is 8.63. The Labute approximate surface area is 144 Å². The van der Waals surface area contributed by atoms with Gasteiger partial charge in [-0.15, -0.1) is 0 Å². The number of H-pyrrole nitrogens is 1. The van der Waals surface area contributed by atoms with Gasteiger partial charge in [-0.05, 0) is 23.8 Å². The first-order valence-corrected chi connectivity index (χ1v) is 8.82. The quantitative estimate of drug-likeness (QED) is 0.546. The molecule has 9 nitrogen and oxygen atoms in total. The average molecular weight is 366 g/mol. The van der Waals surface area contributed by atoms with Crippen LogP contribution in [-0.4, -0.2) is 44.8 Å². The van der Waals surface area contributed by atoms with E-state index in [2.05, 4.69) is 20.2 Å². The van der Waals surface area contributed by atoms with Gasteiger partial charge >= 0.3 is 0 Å². The molecule has 2 aromatic rings. The molecular weight excluding hydrogens is 348 g/mol. The molecule has 10 heteroatoms. The Balaban J connectivity index is 1.95. The van der Waals surface area contributed by atoms with Crippen LogP contribution in [-0.2, 0) is 21.3 Å². The maximum absolute atomic E-state index is 12.0. The Morgan fingerprint density at radius 2 is 1.92 bits per heavy atom. The molecule has 0 aliphatic rings. The molecule has 0 radical (unpaired) electrons. The predicted molar refractivity (Wildman–Crippen MR) is 89.5 cm³/mol. The maximum atomic E-state index is 12.0. The number of sulfonamides is 1. The lowest BCUT2D eigenvalue weighted by molar-refractivity contribution is 0.0944. The van der Waals surface area contributed by atoms with E-state index < -0.39 is 21.5 Å². The number of nitrogens with one attached hydrogen (secondary N) is 3. The van der Waals surface area contributed by atoms with E-state index in [0.717, 1.165) is 0 Å². The van der Waals surface area contributed by atoms with E-state index in [1.807, 2.05) is 0 Å².